The van der Waals surface area contributed by atoms with Crippen LogP contribution in [0.4, 0.5) is 0 Å². The molecule has 1 aliphatic rings. The third-order valence-corrected chi connectivity index (χ3v) is 6.74. The molecule has 0 amide bonds. The monoisotopic (exact) mass is 414 g/mol. The van der Waals surface area contributed by atoms with E-state index in [9.17, 15) is 0 Å². The van der Waals surface area contributed by atoms with Crippen molar-refractivity contribution in [1.82, 2.24) is 0 Å². The molecule has 0 aliphatic carbocycles. The number of ether oxygens (including phenoxy) is 2. The number of hydrogen-bond acceptors (Lipinski definition) is 2. The van der Waals surface area contributed by atoms with Crippen molar-refractivity contribution < 1.29 is 9.47 Å². The maximum absolute atomic E-state index is 6.59. The minimum absolute atomic E-state index is 0.169. The van der Waals surface area contributed by atoms with Gasteiger partial charge in [-0.1, -0.05) is 68.4 Å². The molecule has 31 heavy (non-hydrogen) atoms. The minimum atomic E-state index is -0.318. The summed E-state index contributed by atoms with van der Waals surface area (Å²) in [5, 5.41) is 0. The zero-order valence-corrected chi connectivity index (χ0v) is 19.9. The standard InChI is InChI=1S/C29H34O2/c1-18(2)23-13-15-24(16-14-23)26-25-21(5)27(30-17-22-11-9-8-10-12-22)19(3)20(4)28(25)31-29(26,6)7/h8-16,18,26H,17H2,1-7H3. The van der Waals surface area contributed by atoms with Crippen LogP contribution in [-0.2, 0) is 6.61 Å². The normalized spacial score (nSPS) is 16.8. The molecule has 2 heteroatoms. The van der Waals surface area contributed by atoms with Crippen LogP contribution in [0.3, 0.4) is 0 Å². The van der Waals surface area contributed by atoms with Gasteiger partial charge < -0.3 is 9.47 Å². The van der Waals surface area contributed by atoms with E-state index in [4.69, 9.17) is 9.47 Å². The van der Waals surface area contributed by atoms with Crippen molar-refractivity contribution in [2.45, 2.75) is 72.5 Å². The summed E-state index contributed by atoms with van der Waals surface area (Å²) >= 11 is 0. The van der Waals surface area contributed by atoms with Crippen LogP contribution in [0.5, 0.6) is 11.5 Å². The van der Waals surface area contributed by atoms with E-state index >= 15 is 0 Å². The van der Waals surface area contributed by atoms with E-state index in [1.165, 1.54) is 38.9 Å². The highest BCUT2D eigenvalue weighted by atomic mass is 16.5. The Labute approximate surface area is 187 Å². The van der Waals surface area contributed by atoms with Crippen LogP contribution in [0.2, 0.25) is 0 Å². The van der Waals surface area contributed by atoms with Crippen molar-refractivity contribution in [3.8, 4) is 11.5 Å². The van der Waals surface area contributed by atoms with Gasteiger partial charge in [-0.15, -0.1) is 0 Å². The Hall–Kier alpha value is -2.74. The van der Waals surface area contributed by atoms with Gasteiger partial charge in [-0.25, -0.2) is 0 Å². The summed E-state index contributed by atoms with van der Waals surface area (Å²) in [4.78, 5) is 0. The first kappa shape index (κ1) is 21.5. The Morgan fingerprint density at radius 1 is 0.871 bits per heavy atom. The summed E-state index contributed by atoms with van der Waals surface area (Å²) in [5.74, 6) is 2.72. The number of benzene rings is 3. The van der Waals surface area contributed by atoms with Gasteiger partial charge in [0.15, 0.2) is 0 Å². The first-order valence-corrected chi connectivity index (χ1v) is 11.3. The van der Waals surface area contributed by atoms with Crippen LogP contribution < -0.4 is 9.47 Å². The molecule has 1 heterocycles. The molecule has 0 spiro atoms. The molecule has 3 aromatic rings. The maximum Gasteiger partial charge on any atom is 0.127 e. The predicted octanol–water partition coefficient (Wildman–Crippen LogP) is 7.62. The van der Waals surface area contributed by atoms with Gasteiger partial charge in [-0.3, -0.25) is 0 Å². The SMILES string of the molecule is Cc1c(C)c2c(c(C)c1OCc1ccccc1)C(c1ccc(C(C)C)cc1)C(C)(C)O2. The highest BCUT2D eigenvalue weighted by molar-refractivity contribution is 5.64. The van der Waals surface area contributed by atoms with Crippen LogP contribution in [0.25, 0.3) is 0 Å². The second kappa shape index (κ2) is 8.07. The predicted molar refractivity (Wildman–Crippen MR) is 129 cm³/mol. The van der Waals surface area contributed by atoms with E-state index in [0.717, 1.165) is 11.5 Å². The van der Waals surface area contributed by atoms with Gasteiger partial charge in [-0.2, -0.15) is 0 Å². The molecular formula is C29H34O2. The smallest absolute Gasteiger partial charge is 0.127 e. The van der Waals surface area contributed by atoms with Gasteiger partial charge in [0.25, 0.3) is 0 Å². The zero-order chi connectivity index (χ0) is 22.3. The summed E-state index contributed by atoms with van der Waals surface area (Å²) in [7, 11) is 0. The molecule has 0 saturated carbocycles. The molecule has 162 valence electrons. The fourth-order valence-electron chi connectivity index (χ4n) is 4.85. The summed E-state index contributed by atoms with van der Waals surface area (Å²) in [6.45, 7) is 15.9. The molecule has 0 bridgehead atoms. The van der Waals surface area contributed by atoms with Crippen molar-refractivity contribution in [3.05, 3.63) is 93.5 Å². The Morgan fingerprint density at radius 2 is 1.52 bits per heavy atom. The lowest BCUT2D eigenvalue weighted by molar-refractivity contribution is 0.121. The van der Waals surface area contributed by atoms with E-state index in [-0.39, 0.29) is 11.5 Å². The minimum Gasteiger partial charge on any atom is -0.488 e. The molecule has 0 fully saturated rings. The summed E-state index contributed by atoms with van der Waals surface area (Å²) in [6.07, 6.45) is 0. The van der Waals surface area contributed by atoms with Crippen molar-refractivity contribution in [3.63, 3.8) is 0 Å². The third-order valence-electron chi connectivity index (χ3n) is 6.74. The molecule has 4 rings (SSSR count). The molecule has 0 N–H and O–H groups in total. The number of hydrogen-bond donors (Lipinski definition) is 0. The Balaban J connectivity index is 1.78. The second-order valence-corrected chi connectivity index (χ2v) is 9.68. The largest absolute Gasteiger partial charge is 0.488 e. The van der Waals surface area contributed by atoms with Gasteiger partial charge in [0.05, 0.1) is 5.92 Å². The Morgan fingerprint density at radius 3 is 2.13 bits per heavy atom. The lowest BCUT2D eigenvalue weighted by Gasteiger charge is -2.27. The summed E-state index contributed by atoms with van der Waals surface area (Å²) in [5.41, 5.74) is 8.33. The Bertz CT molecular complexity index is 1080. The van der Waals surface area contributed by atoms with Crippen LogP contribution in [-0.4, -0.2) is 5.60 Å². The van der Waals surface area contributed by atoms with Crippen LogP contribution in [0.15, 0.2) is 54.6 Å². The van der Waals surface area contributed by atoms with Gasteiger partial charge in [0.1, 0.15) is 23.7 Å². The van der Waals surface area contributed by atoms with Crippen molar-refractivity contribution in [2.75, 3.05) is 0 Å². The highest BCUT2D eigenvalue weighted by Crippen LogP contribution is 2.54. The van der Waals surface area contributed by atoms with E-state index < -0.39 is 0 Å². The number of fused-ring (bicyclic) bond motifs is 1. The van der Waals surface area contributed by atoms with E-state index in [1.807, 2.05) is 6.07 Å². The molecule has 3 aromatic carbocycles. The van der Waals surface area contributed by atoms with Gasteiger partial charge in [-0.05, 0) is 73.9 Å². The fraction of sp³-hybridized carbons (Fsp3) is 0.379. The highest BCUT2D eigenvalue weighted by Gasteiger charge is 2.45. The van der Waals surface area contributed by atoms with Gasteiger partial charge in [0.2, 0.25) is 0 Å². The molecule has 1 atom stereocenters. The molecule has 1 unspecified atom stereocenters. The van der Waals surface area contributed by atoms with Crippen molar-refractivity contribution in [1.29, 1.82) is 0 Å². The molecule has 0 aromatic heterocycles. The Kier molecular flexibility index (Phi) is 5.60. The van der Waals surface area contributed by atoms with E-state index in [2.05, 4.69) is 97.0 Å². The van der Waals surface area contributed by atoms with Gasteiger partial charge >= 0.3 is 0 Å². The van der Waals surface area contributed by atoms with Crippen molar-refractivity contribution >= 4 is 0 Å². The van der Waals surface area contributed by atoms with Gasteiger partial charge in [0, 0.05) is 5.56 Å². The molecule has 2 nitrogen and oxygen atoms in total. The van der Waals surface area contributed by atoms with Crippen LogP contribution in [0, 0.1) is 20.8 Å². The van der Waals surface area contributed by atoms with Crippen molar-refractivity contribution in [2.24, 2.45) is 0 Å². The first-order valence-electron chi connectivity index (χ1n) is 11.3. The molecule has 0 saturated heterocycles. The van der Waals surface area contributed by atoms with E-state index in [1.54, 1.807) is 0 Å². The molecule has 0 radical (unpaired) electrons. The maximum atomic E-state index is 6.59. The topological polar surface area (TPSA) is 18.5 Å². The number of rotatable bonds is 5. The second-order valence-electron chi connectivity index (χ2n) is 9.68. The lowest BCUT2D eigenvalue weighted by Crippen LogP contribution is -2.31. The molecule has 1 aliphatic heterocycles. The first-order chi connectivity index (χ1) is 14.7. The average molecular weight is 415 g/mol. The fourth-order valence-corrected chi connectivity index (χ4v) is 4.85. The van der Waals surface area contributed by atoms with Crippen LogP contribution >= 0.6 is 0 Å². The lowest BCUT2D eigenvalue weighted by atomic mass is 9.78. The molecular weight excluding hydrogens is 380 g/mol. The summed E-state index contributed by atoms with van der Waals surface area (Å²) < 4.78 is 13.0. The average Bonchev–Trinajstić information content (AvgIpc) is 3.04. The zero-order valence-electron chi connectivity index (χ0n) is 19.9. The van der Waals surface area contributed by atoms with E-state index in [0.29, 0.717) is 12.5 Å². The quantitative estimate of drug-likeness (QED) is 0.427. The third kappa shape index (κ3) is 3.84. The van der Waals surface area contributed by atoms with Crippen LogP contribution in [0.1, 0.15) is 78.5 Å². The summed E-state index contributed by atoms with van der Waals surface area (Å²) in [6, 6.07) is 19.4.